The lowest BCUT2D eigenvalue weighted by Crippen LogP contribution is -2.50. The fraction of sp³-hybridized carbons (Fsp3) is 0.381. The summed E-state index contributed by atoms with van der Waals surface area (Å²) in [4.78, 5) is 24.3. The first-order chi connectivity index (χ1) is 15.3. The number of sulfonamides is 1. The van der Waals surface area contributed by atoms with Crippen molar-refractivity contribution in [2.24, 2.45) is 0 Å². The van der Waals surface area contributed by atoms with Crippen molar-refractivity contribution in [3.8, 4) is 5.75 Å². The largest absolute Gasteiger partial charge is 0.495 e. The summed E-state index contributed by atoms with van der Waals surface area (Å²) < 4.78 is 32.2. The molecule has 1 heterocycles. The normalized spacial score (nSPS) is 14.7. The number of piperazine rings is 1. The van der Waals surface area contributed by atoms with Crippen LogP contribution in [0.1, 0.15) is 5.56 Å². The van der Waals surface area contributed by atoms with Gasteiger partial charge in [-0.3, -0.25) is 14.9 Å². The van der Waals surface area contributed by atoms with Crippen molar-refractivity contribution in [2.75, 3.05) is 50.5 Å². The first-order valence-corrected chi connectivity index (χ1v) is 11.8. The van der Waals surface area contributed by atoms with Gasteiger partial charge in [0.15, 0.2) is 0 Å². The van der Waals surface area contributed by atoms with Crippen LogP contribution in [0.5, 0.6) is 5.75 Å². The Morgan fingerprint density at radius 2 is 1.75 bits per heavy atom. The molecule has 0 aromatic heterocycles. The van der Waals surface area contributed by atoms with Gasteiger partial charge in [0.25, 0.3) is 5.69 Å². The molecule has 0 atom stereocenters. The Morgan fingerprint density at radius 3 is 2.38 bits per heavy atom. The summed E-state index contributed by atoms with van der Waals surface area (Å²) in [6.45, 7) is 1.81. The van der Waals surface area contributed by atoms with Gasteiger partial charge in [-0.05, 0) is 17.7 Å². The van der Waals surface area contributed by atoms with Gasteiger partial charge < -0.3 is 15.0 Å². The lowest BCUT2D eigenvalue weighted by molar-refractivity contribution is -0.384. The van der Waals surface area contributed by atoms with E-state index in [1.807, 2.05) is 24.3 Å². The van der Waals surface area contributed by atoms with Gasteiger partial charge in [0, 0.05) is 44.9 Å². The number of ether oxygens (including phenoxy) is 1. The molecule has 172 valence electrons. The van der Waals surface area contributed by atoms with Gasteiger partial charge in [-0.1, -0.05) is 24.3 Å². The number of para-hydroxylation sites is 2. The Bertz CT molecular complexity index is 1050. The second-order valence-corrected chi connectivity index (χ2v) is 9.41. The number of carbonyl (C=O) groups excluding carboxylic acids is 1. The molecule has 10 nitrogen and oxygen atoms in total. The molecule has 1 amide bonds. The number of anilines is 1. The monoisotopic (exact) mass is 462 g/mol. The van der Waals surface area contributed by atoms with Crippen molar-refractivity contribution < 1.29 is 22.9 Å². The number of rotatable bonds is 9. The van der Waals surface area contributed by atoms with E-state index in [1.165, 1.54) is 28.6 Å². The van der Waals surface area contributed by atoms with Gasteiger partial charge in [-0.2, -0.15) is 4.31 Å². The number of nitro benzene ring substituents is 1. The molecule has 3 rings (SSSR count). The molecule has 1 saturated heterocycles. The maximum absolute atomic E-state index is 12.7. The Hall–Kier alpha value is -3.18. The highest BCUT2D eigenvalue weighted by atomic mass is 32.2. The third-order valence-corrected chi connectivity index (χ3v) is 7.12. The molecule has 0 radical (unpaired) electrons. The summed E-state index contributed by atoms with van der Waals surface area (Å²) in [7, 11) is -1.90. The maximum Gasteiger partial charge on any atom is 0.269 e. The number of hydrogen-bond acceptors (Lipinski definition) is 7. The molecule has 1 aliphatic heterocycles. The zero-order chi connectivity index (χ0) is 23.1. The SMILES string of the molecule is COc1ccccc1N1CCN(S(=O)(=O)CCNC(=O)Cc2ccc([N+](=O)[O-])cc2)CC1. The third kappa shape index (κ3) is 5.95. The molecule has 2 aromatic rings. The summed E-state index contributed by atoms with van der Waals surface area (Å²) in [6.07, 6.45) is 0.0234. The summed E-state index contributed by atoms with van der Waals surface area (Å²) >= 11 is 0. The van der Waals surface area contributed by atoms with E-state index in [0.717, 1.165) is 11.4 Å². The van der Waals surface area contributed by atoms with Crippen molar-refractivity contribution >= 4 is 27.3 Å². The number of methoxy groups -OCH3 is 1. The highest BCUT2D eigenvalue weighted by molar-refractivity contribution is 7.89. The van der Waals surface area contributed by atoms with E-state index >= 15 is 0 Å². The van der Waals surface area contributed by atoms with Gasteiger partial charge in [0.05, 0.1) is 29.9 Å². The number of nitro groups is 1. The van der Waals surface area contributed by atoms with Gasteiger partial charge >= 0.3 is 0 Å². The van der Waals surface area contributed by atoms with E-state index in [4.69, 9.17) is 4.74 Å². The lowest BCUT2D eigenvalue weighted by Gasteiger charge is -2.36. The maximum atomic E-state index is 12.7. The quantitative estimate of drug-likeness (QED) is 0.442. The highest BCUT2D eigenvalue weighted by Crippen LogP contribution is 2.28. The Labute approximate surface area is 187 Å². The zero-order valence-corrected chi connectivity index (χ0v) is 18.6. The van der Waals surface area contributed by atoms with Gasteiger partial charge in [-0.25, -0.2) is 8.42 Å². The Kier molecular flexibility index (Phi) is 7.65. The van der Waals surface area contributed by atoms with E-state index in [-0.39, 0.29) is 30.3 Å². The summed E-state index contributed by atoms with van der Waals surface area (Å²) in [6, 6.07) is 13.3. The predicted molar refractivity (Wildman–Crippen MR) is 120 cm³/mol. The van der Waals surface area contributed by atoms with Crippen molar-refractivity contribution in [3.63, 3.8) is 0 Å². The molecular formula is C21H26N4O6S. The van der Waals surface area contributed by atoms with Crippen LogP contribution in [0.2, 0.25) is 0 Å². The van der Waals surface area contributed by atoms with Gasteiger partial charge in [-0.15, -0.1) is 0 Å². The smallest absolute Gasteiger partial charge is 0.269 e. The predicted octanol–water partition coefficient (Wildman–Crippen LogP) is 1.41. The first kappa shape index (κ1) is 23.5. The average molecular weight is 463 g/mol. The molecule has 0 unspecified atom stereocenters. The van der Waals surface area contributed by atoms with Gasteiger partial charge in [0.2, 0.25) is 15.9 Å². The topological polar surface area (TPSA) is 122 Å². The molecule has 1 aliphatic rings. The summed E-state index contributed by atoms with van der Waals surface area (Å²) in [5, 5.41) is 13.3. The van der Waals surface area contributed by atoms with Crippen LogP contribution in [0.3, 0.4) is 0 Å². The van der Waals surface area contributed by atoms with Crippen LogP contribution in [0.15, 0.2) is 48.5 Å². The third-order valence-electron chi connectivity index (χ3n) is 5.25. The van der Waals surface area contributed by atoms with Gasteiger partial charge in [0.1, 0.15) is 5.75 Å². The number of nitrogens with one attached hydrogen (secondary N) is 1. The number of carbonyl (C=O) groups is 1. The van der Waals surface area contributed by atoms with E-state index < -0.39 is 14.9 Å². The molecule has 0 bridgehead atoms. The van der Waals surface area contributed by atoms with Crippen molar-refractivity contribution in [1.82, 2.24) is 9.62 Å². The number of nitrogens with zero attached hydrogens (tertiary/aromatic N) is 3. The molecule has 11 heteroatoms. The molecule has 1 fully saturated rings. The minimum absolute atomic E-state index is 0.000864. The number of hydrogen-bond donors (Lipinski definition) is 1. The molecule has 1 N–H and O–H groups in total. The van der Waals surface area contributed by atoms with E-state index in [1.54, 1.807) is 7.11 Å². The molecular weight excluding hydrogens is 436 g/mol. The Morgan fingerprint density at radius 1 is 1.09 bits per heavy atom. The van der Waals surface area contributed by atoms with E-state index in [9.17, 15) is 23.3 Å². The number of benzene rings is 2. The second-order valence-electron chi connectivity index (χ2n) is 7.32. The standard InChI is InChI=1S/C21H26N4O6S/c1-31-20-5-3-2-4-19(20)23-11-13-24(14-12-23)32(29,30)15-10-22-21(26)16-17-6-8-18(9-7-17)25(27)28/h2-9H,10-16H2,1H3,(H,22,26). The Balaban J connectivity index is 1.45. The summed E-state index contributed by atoms with van der Waals surface area (Å²) in [5.74, 6) is 0.225. The fourth-order valence-corrected chi connectivity index (χ4v) is 4.87. The molecule has 0 aliphatic carbocycles. The second kappa shape index (κ2) is 10.4. The van der Waals surface area contributed by atoms with Crippen LogP contribution in [0.25, 0.3) is 0 Å². The first-order valence-electron chi connectivity index (χ1n) is 10.2. The molecule has 32 heavy (non-hydrogen) atoms. The summed E-state index contributed by atoms with van der Waals surface area (Å²) in [5.41, 5.74) is 1.50. The number of non-ortho nitro benzene ring substituents is 1. The van der Waals surface area contributed by atoms with Crippen LogP contribution in [0.4, 0.5) is 11.4 Å². The van der Waals surface area contributed by atoms with E-state index in [0.29, 0.717) is 31.7 Å². The fourth-order valence-electron chi connectivity index (χ4n) is 3.53. The van der Waals surface area contributed by atoms with E-state index in [2.05, 4.69) is 10.2 Å². The van der Waals surface area contributed by atoms with Crippen molar-refractivity contribution in [1.29, 1.82) is 0 Å². The molecule has 0 saturated carbocycles. The number of amides is 1. The lowest BCUT2D eigenvalue weighted by atomic mass is 10.1. The minimum Gasteiger partial charge on any atom is -0.495 e. The van der Waals surface area contributed by atoms with Crippen LogP contribution in [-0.4, -0.2) is 69.1 Å². The molecule has 0 spiro atoms. The van der Waals surface area contributed by atoms with Crippen LogP contribution in [0, 0.1) is 10.1 Å². The van der Waals surface area contributed by atoms with Crippen molar-refractivity contribution in [3.05, 3.63) is 64.2 Å². The molecule has 2 aromatic carbocycles. The van der Waals surface area contributed by atoms with Crippen molar-refractivity contribution in [2.45, 2.75) is 6.42 Å². The highest BCUT2D eigenvalue weighted by Gasteiger charge is 2.27. The van der Waals surface area contributed by atoms with Crippen LogP contribution < -0.4 is 15.0 Å². The zero-order valence-electron chi connectivity index (χ0n) is 17.8. The van der Waals surface area contributed by atoms with Crippen LogP contribution in [-0.2, 0) is 21.2 Å². The van der Waals surface area contributed by atoms with Crippen LogP contribution >= 0.6 is 0 Å². The average Bonchev–Trinajstić information content (AvgIpc) is 2.79. The minimum atomic E-state index is -3.50.